The van der Waals surface area contributed by atoms with Crippen LogP contribution < -0.4 is 5.32 Å². The van der Waals surface area contributed by atoms with Gasteiger partial charge in [-0.3, -0.25) is 0 Å². The molecule has 2 unspecified atom stereocenters. The maximum atomic E-state index is 3.89. The van der Waals surface area contributed by atoms with Gasteiger partial charge in [0.1, 0.15) is 0 Å². The molecule has 2 heterocycles. The van der Waals surface area contributed by atoms with Crippen molar-refractivity contribution in [1.82, 2.24) is 10.2 Å². The summed E-state index contributed by atoms with van der Waals surface area (Å²) < 4.78 is 0. The van der Waals surface area contributed by atoms with E-state index in [9.17, 15) is 0 Å². The lowest BCUT2D eigenvalue weighted by atomic mass is 10.1. The molecule has 19 heavy (non-hydrogen) atoms. The molecule has 108 valence electrons. The third-order valence-electron chi connectivity index (χ3n) is 4.09. The van der Waals surface area contributed by atoms with Crippen molar-refractivity contribution >= 4 is 11.3 Å². The van der Waals surface area contributed by atoms with Crippen LogP contribution >= 0.6 is 11.3 Å². The van der Waals surface area contributed by atoms with Crippen molar-refractivity contribution in [1.29, 1.82) is 0 Å². The Morgan fingerprint density at radius 1 is 1.37 bits per heavy atom. The van der Waals surface area contributed by atoms with Crippen molar-refractivity contribution in [3.8, 4) is 0 Å². The fourth-order valence-corrected chi connectivity index (χ4v) is 3.91. The zero-order valence-corrected chi connectivity index (χ0v) is 13.2. The van der Waals surface area contributed by atoms with Crippen LogP contribution in [0.25, 0.3) is 0 Å². The van der Waals surface area contributed by atoms with E-state index in [1.165, 1.54) is 56.6 Å². The second-order valence-electron chi connectivity index (χ2n) is 5.61. The molecule has 1 aromatic rings. The molecule has 0 aromatic carbocycles. The van der Waals surface area contributed by atoms with Crippen LogP contribution in [0.3, 0.4) is 0 Å². The van der Waals surface area contributed by atoms with Crippen LogP contribution in [0.15, 0.2) is 17.5 Å². The largest absolute Gasteiger partial charge is 0.306 e. The predicted molar refractivity (Wildman–Crippen MR) is 84.9 cm³/mol. The van der Waals surface area contributed by atoms with E-state index >= 15 is 0 Å². The molecule has 0 saturated carbocycles. The third-order valence-corrected chi connectivity index (χ3v) is 5.08. The molecular weight excluding hydrogens is 252 g/mol. The summed E-state index contributed by atoms with van der Waals surface area (Å²) in [4.78, 5) is 4.13. The summed E-state index contributed by atoms with van der Waals surface area (Å²) in [6, 6.07) is 5.70. The minimum absolute atomic E-state index is 0.558. The molecule has 0 aliphatic carbocycles. The van der Waals surface area contributed by atoms with Crippen LogP contribution in [0.2, 0.25) is 0 Å². The van der Waals surface area contributed by atoms with Crippen molar-refractivity contribution < 1.29 is 0 Å². The molecule has 0 bridgehead atoms. The van der Waals surface area contributed by atoms with Crippen LogP contribution in [-0.4, -0.2) is 30.6 Å². The summed E-state index contributed by atoms with van der Waals surface area (Å²) in [6.45, 7) is 8.41. The van der Waals surface area contributed by atoms with Gasteiger partial charge in [0.15, 0.2) is 0 Å². The van der Waals surface area contributed by atoms with Crippen LogP contribution in [0.5, 0.6) is 0 Å². The van der Waals surface area contributed by atoms with Crippen LogP contribution in [0.1, 0.15) is 56.9 Å². The summed E-state index contributed by atoms with van der Waals surface area (Å²) in [5.74, 6) is 0. The highest BCUT2D eigenvalue weighted by molar-refractivity contribution is 7.10. The molecule has 0 amide bonds. The van der Waals surface area contributed by atoms with Gasteiger partial charge in [0.2, 0.25) is 0 Å². The quantitative estimate of drug-likeness (QED) is 0.845. The lowest BCUT2D eigenvalue weighted by Crippen LogP contribution is -2.33. The zero-order chi connectivity index (χ0) is 13.5. The monoisotopic (exact) mass is 280 g/mol. The van der Waals surface area contributed by atoms with Gasteiger partial charge in [-0.05, 0) is 63.2 Å². The molecule has 1 aliphatic rings. The topological polar surface area (TPSA) is 15.3 Å². The first-order valence-electron chi connectivity index (χ1n) is 7.85. The Hall–Kier alpha value is -0.380. The molecule has 1 saturated heterocycles. The zero-order valence-electron chi connectivity index (χ0n) is 12.4. The van der Waals surface area contributed by atoms with E-state index in [1.54, 1.807) is 0 Å². The molecule has 3 heteroatoms. The minimum Gasteiger partial charge on any atom is -0.306 e. The molecule has 0 radical (unpaired) electrons. The fourth-order valence-electron chi connectivity index (χ4n) is 3.04. The Bertz CT molecular complexity index is 337. The summed E-state index contributed by atoms with van der Waals surface area (Å²) in [5, 5.41) is 6.08. The fraction of sp³-hybridized carbons (Fsp3) is 0.750. The number of rotatable bonds is 6. The Kier molecular flexibility index (Phi) is 6.35. The lowest BCUT2D eigenvalue weighted by molar-refractivity contribution is 0.281. The minimum atomic E-state index is 0.558. The summed E-state index contributed by atoms with van der Waals surface area (Å²) in [7, 11) is 0. The van der Waals surface area contributed by atoms with Crippen molar-refractivity contribution in [3.63, 3.8) is 0 Å². The second kappa shape index (κ2) is 8.03. The predicted octanol–water partition coefficient (Wildman–Crippen LogP) is 4.05. The Morgan fingerprint density at radius 3 is 2.95 bits per heavy atom. The summed E-state index contributed by atoms with van der Waals surface area (Å²) >= 11 is 1.89. The Labute approximate surface area is 122 Å². The van der Waals surface area contributed by atoms with E-state index < -0.39 is 0 Å². The molecule has 2 atom stereocenters. The van der Waals surface area contributed by atoms with E-state index in [0.29, 0.717) is 12.1 Å². The number of hydrogen-bond acceptors (Lipinski definition) is 3. The van der Waals surface area contributed by atoms with Gasteiger partial charge in [0, 0.05) is 17.0 Å². The molecular formula is C16H28N2S. The van der Waals surface area contributed by atoms with Gasteiger partial charge >= 0.3 is 0 Å². The average Bonchev–Trinajstić information content (AvgIpc) is 2.86. The molecule has 2 rings (SSSR count). The van der Waals surface area contributed by atoms with Gasteiger partial charge < -0.3 is 10.2 Å². The van der Waals surface area contributed by atoms with Crippen LogP contribution in [0, 0.1) is 0 Å². The van der Waals surface area contributed by atoms with Gasteiger partial charge in [0.05, 0.1) is 0 Å². The Balaban J connectivity index is 1.84. The normalized spacial score (nSPS) is 23.2. The van der Waals surface area contributed by atoms with E-state index in [0.717, 1.165) is 0 Å². The van der Waals surface area contributed by atoms with Crippen molar-refractivity contribution in [2.45, 2.75) is 58.0 Å². The van der Waals surface area contributed by atoms with E-state index in [-0.39, 0.29) is 0 Å². The second-order valence-corrected chi connectivity index (χ2v) is 6.59. The smallest absolute Gasteiger partial charge is 0.0414 e. The number of hydrogen-bond donors (Lipinski definition) is 1. The van der Waals surface area contributed by atoms with Crippen LogP contribution in [0.4, 0.5) is 0 Å². The maximum absolute atomic E-state index is 3.89. The van der Waals surface area contributed by atoms with Crippen molar-refractivity contribution in [2.75, 3.05) is 19.6 Å². The Morgan fingerprint density at radius 2 is 2.26 bits per heavy atom. The maximum Gasteiger partial charge on any atom is 0.0414 e. The van der Waals surface area contributed by atoms with Gasteiger partial charge in [0.25, 0.3) is 0 Å². The molecule has 1 fully saturated rings. The molecule has 0 spiro atoms. The number of likely N-dealkylation sites (tertiary alicyclic amines) is 1. The summed E-state index contributed by atoms with van der Waals surface area (Å²) in [5.41, 5.74) is 0. The van der Waals surface area contributed by atoms with Gasteiger partial charge in [-0.1, -0.05) is 19.9 Å². The van der Waals surface area contributed by atoms with E-state index in [1.807, 2.05) is 11.3 Å². The first-order chi connectivity index (χ1) is 9.33. The SMILES string of the molecule is CCCN1CCCC(NC(CC)c2cccs2)CC1. The summed E-state index contributed by atoms with van der Waals surface area (Å²) in [6.07, 6.45) is 6.46. The first kappa shape index (κ1) is 15.0. The number of nitrogens with one attached hydrogen (secondary N) is 1. The molecule has 2 nitrogen and oxygen atoms in total. The van der Waals surface area contributed by atoms with Gasteiger partial charge in [-0.15, -0.1) is 11.3 Å². The van der Waals surface area contributed by atoms with Gasteiger partial charge in [-0.2, -0.15) is 0 Å². The lowest BCUT2D eigenvalue weighted by Gasteiger charge is -2.24. The highest BCUT2D eigenvalue weighted by Gasteiger charge is 2.20. The van der Waals surface area contributed by atoms with E-state index in [2.05, 4.69) is 41.6 Å². The molecule has 1 aromatic heterocycles. The van der Waals surface area contributed by atoms with Crippen LogP contribution in [-0.2, 0) is 0 Å². The third kappa shape index (κ3) is 4.59. The first-order valence-corrected chi connectivity index (χ1v) is 8.73. The number of thiophene rings is 1. The highest BCUT2D eigenvalue weighted by Crippen LogP contribution is 2.24. The van der Waals surface area contributed by atoms with E-state index in [4.69, 9.17) is 0 Å². The highest BCUT2D eigenvalue weighted by atomic mass is 32.1. The molecule has 1 aliphatic heterocycles. The standard InChI is InChI=1S/C16H28N2S/c1-3-10-18-11-5-7-14(9-12-18)17-15(4-2)16-8-6-13-19-16/h6,8,13-15,17H,3-5,7,9-12H2,1-2H3. The van der Waals surface area contributed by atoms with Crippen molar-refractivity contribution in [3.05, 3.63) is 22.4 Å². The average molecular weight is 280 g/mol. The number of nitrogens with zero attached hydrogens (tertiary/aromatic N) is 1. The van der Waals surface area contributed by atoms with Crippen molar-refractivity contribution in [2.24, 2.45) is 0 Å². The molecule has 1 N–H and O–H groups in total. The van der Waals surface area contributed by atoms with Gasteiger partial charge in [-0.25, -0.2) is 0 Å².